The Morgan fingerprint density at radius 1 is 1.26 bits per heavy atom. The van der Waals surface area contributed by atoms with E-state index in [1.165, 1.54) is 4.68 Å². The van der Waals surface area contributed by atoms with Crippen LogP contribution >= 0.6 is 23.2 Å². The molecule has 0 atom stereocenters. The number of hydrogen-bond donors (Lipinski definition) is 1. The molecule has 2 heterocycles. The van der Waals surface area contributed by atoms with Gasteiger partial charge in [-0.2, -0.15) is 0 Å². The summed E-state index contributed by atoms with van der Waals surface area (Å²) in [7, 11) is 0. The number of hydrogen-bond acceptors (Lipinski definition) is 5. The third-order valence-corrected chi connectivity index (χ3v) is 4.57. The molecular weight excluding hydrogens is 389 g/mol. The van der Waals surface area contributed by atoms with Gasteiger partial charge in [0.1, 0.15) is 23.7 Å². The van der Waals surface area contributed by atoms with Crippen LogP contribution in [0.2, 0.25) is 10.0 Å². The zero-order valence-electron chi connectivity index (χ0n) is 15.1. The van der Waals surface area contributed by atoms with Crippen LogP contribution in [-0.2, 0) is 6.42 Å². The number of aryl methyl sites for hydroxylation is 1. The molecule has 10 heteroatoms. The van der Waals surface area contributed by atoms with E-state index in [0.29, 0.717) is 34.5 Å². The molecule has 0 fully saturated rings. The van der Waals surface area contributed by atoms with Crippen LogP contribution in [0.4, 0.5) is 0 Å². The van der Waals surface area contributed by atoms with Crippen LogP contribution in [0.1, 0.15) is 42.2 Å². The van der Waals surface area contributed by atoms with E-state index in [-0.39, 0.29) is 17.8 Å². The summed E-state index contributed by atoms with van der Waals surface area (Å²) >= 11 is 12.4. The fraction of sp³-hybridized carbons (Fsp3) is 0.353. The van der Waals surface area contributed by atoms with Gasteiger partial charge in [0, 0.05) is 19.0 Å². The summed E-state index contributed by atoms with van der Waals surface area (Å²) in [6.07, 6.45) is 2.24. The van der Waals surface area contributed by atoms with Gasteiger partial charge in [0.15, 0.2) is 0 Å². The molecule has 0 aliphatic rings. The van der Waals surface area contributed by atoms with Gasteiger partial charge in [-0.3, -0.25) is 4.79 Å². The van der Waals surface area contributed by atoms with Gasteiger partial charge in [-0.25, -0.2) is 9.67 Å². The van der Waals surface area contributed by atoms with Gasteiger partial charge in [-0.1, -0.05) is 29.3 Å². The maximum Gasteiger partial charge on any atom is 0.290 e. The van der Waals surface area contributed by atoms with E-state index >= 15 is 0 Å². The molecule has 0 bridgehead atoms. The molecule has 3 rings (SSSR count). The molecule has 1 amide bonds. The number of benzene rings is 1. The van der Waals surface area contributed by atoms with Crippen molar-refractivity contribution in [2.75, 3.05) is 6.54 Å². The number of halogens is 2. The molecule has 3 aromatic rings. The van der Waals surface area contributed by atoms with Gasteiger partial charge >= 0.3 is 0 Å². The highest BCUT2D eigenvalue weighted by molar-refractivity contribution is 6.37. The summed E-state index contributed by atoms with van der Waals surface area (Å²) < 4.78 is 3.43. The number of nitrogens with one attached hydrogen (secondary N) is 1. The second-order valence-electron chi connectivity index (χ2n) is 6.22. The summed E-state index contributed by atoms with van der Waals surface area (Å²) in [5.74, 6) is 0.988. The first-order valence-corrected chi connectivity index (χ1v) is 9.18. The molecule has 0 aliphatic carbocycles. The number of carbonyl (C=O) groups excluding carboxylic acids is 1. The van der Waals surface area contributed by atoms with Gasteiger partial charge in [-0.15, -0.1) is 15.3 Å². The van der Waals surface area contributed by atoms with E-state index in [4.69, 9.17) is 23.2 Å². The zero-order valence-corrected chi connectivity index (χ0v) is 16.7. The van der Waals surface area contributed by atoms with Gasteiger partial charge in [0.25, 0.3) is 5.91 Å². The minimum atomic E-state index is -0.379. The molecule has 0 aliphatic heterocycles. The number of aromatic nitrogens is 6. The monoisotopic (exact) mass is 407 g/mol. The lowest BCUT2D eigenvalue weighted by molar-refractivity contribution is 0.0943. The lowest BCUT2D eigenvalue weighted by Gasteiger charge is -2.09. The molecule has 0 spiro atoms. The fourth-order valence-corrected chi connectivity index (χ4v) is 3.19. The average Bonchev–Trinajstić information content (AvgIpc) is 3.22. The topological polar surface area (TPSA) is 90.5 Å². The lowest BCUT2D eigenvalue weighted by atomic mass is 10.3. The van der Waals surface area contributed by atoms with Crippen LogP contribution in [0.25, 0.3) is 5.69 Å². The first kappa shape index (κ1) is 19.3. The van der Waals surface area contributed by atoms with Crippen molar-refractivity contribution < 1.29 is 4.79 Å². The summed E-state index contributed by atoms with van der Waals surface area (Å²) in [6.45, 7) is 6.22. The predicted octanol–water partition coefficient (Wildman–Crippen LogP) is 3.03. The summed E-state index contributed by atoms with van der Waals surface area (Å²) in [5, 5.41) is 15.9. The Balaban J connectivity index is 1.70. The molecule has 2 aromatic heterocycles. The van der Waals surface area contributed by atoms with Crippen LogP contribution in [-0.4, -0.2) is 42.0 Å². The molecule has 1 N–H and O–H groups in total. The van der Waals surface area contributed by atoms with Crippen molar-refractivity contribution >= 4 is 29.1 Å². The first-order chi connectivity index (χ1) is 12.9. The summed E-state index contributed by atoms with van der Waals surface area (Å²) in [5.41, 5.74) is 0.495. The number of amides is 1. The van der Waals surface area contributed by atoms with Crippen molar-refractivity contribution in [2.24, 2.45) is 0 Å². The maximum absolute atomic E-state index is 12.4. The van der Waals surface area contributed by atoms with Crippen molar-refractivity contribution in [3.05, 3.63) is 52.0 Å². The van der Waals surface area contributed by atoms with Crippen LogP contribution in [0, 0.1) is 6.92 Å². The molecule has 8 nitrogen and oxygen atoms in total. The van der Waals surface area contributed by atoms with Gasteiger partial charge < -0.3 is 9.88 Å². The quantitative estimate of drug-likeness (QED) is 0.677. The standard InChI is InChI=1S/C17H19Cl2N7O/c1-10(2)25-9-21-23-14(25)7-8-20-17(27)16-22-11(3)26(24-16)15-12(18)5-4-6-13(15)19/h4-6,9-10H,7-8H2,1-3H3,(H,20,27). The number of carbonyl (C=O) groups is 1. The van der Waals surface area contributed by atoms with Crippen molar-refractivity contribution in [1.82, 2.24) is 34.8 Å². The largest absolute Gasteiger partial charge is 0.349 e. The second-order valence-corrected chi connectivity index (χ2v) is 7.03. The first-order valence-electron chi connectivity index (χ1n) is 8.43. The smallest absolute Gasteiger partial charge is 0.290 e. The molecule has 0 saturated heterocycles. The Morgan fingerprint density at radius 2 is 1.96 bits per heavy atom. The molecule has 0 unspecified atom stereocenters. The fourth-order valence-electron chi connectivity index (χ4n) is 2.63. The van der Waals surface area contributed by atoms with Crippen molar-refractivity contribution in [1.29, 1.82) is 0 Å². The third-order valence-electron chi connectivity index (χ3n) is 3.96. The highest BCUT2D eigenvalue weighted by Gasteiger charge is 2.18. The minimum absolute atomic E-state index is 0.0498. The summed E-state index contributed by atoms with van der Waals surface area (Å²) in [6, 6.07) is 5.40. The van der Waals surface area contributed by atoms with E-state index in [9.17, 15) is 4.79 Å². The Hall–Kier alpha value is -2.45. The number of nitrogens with zero attached hydrogens (tertiary/aromatic N) is 6. The zero-order chi connectivity index (χ0) is 19.6. The van der Waals surface area contributed by atoms with Crippen LogP contribution in [0.3, 0.4) is 0 Å². The maximum atomic E-state index is 12.4. The Bertz CT molecular complexity index is 944. The van der Waals surface area contributed by atoms with Gasteiger partial charge in [0.05, 0.1) is 10.0 Å². The van der Waals surface area contributed by atoms with Crippen molar-refractivity contribution in [3.8, 4) is 5.69 Å². The normalized spacial score (nSPS) is 11.2. The molecule has 27 heavy (non-hydrogen) atoms. The average molecular weight is 408 g/mol. The van der Waals surface area contributed by atoms with Gasteiger partial charge in [-0.05, 0) is 32.9 Å². The van der Waals surface area contributed by atoms with E-state index in [1.54, 1.807) is 31.5 Å². The highest BCUT2D eigenvalue weighted by atomic mass is 35.5. The van der Waals surface area contributed by atoms with Crippen LogP contribution in [0.5, 0.6) is 0 Å². The minimum Gasteiger partial charge on any atom is -0.349 e. The van der Waals surface area contributed by atoms with E-state index in [1.807, 2.05) is 18.4 Å². The predicted molar refractivity (Wildman–Crippen MR) is 103 cm³/mol. The number of rotatable bonds is 6. The Labute approximate surface area is 166 Å². The van der Waals surface area contributed by atoms with Gasteiger partial charge in [0.2, 0.25) is 5.82 Å². The highest BCUT2D eigenvalue weighted by Crippen LogP contribution is 2.28. The number of para-hydroxylation sites is 1. The molecular formula is C17H19Cl2N7O. The van der Waals surface area contributed by atoms with Crippen molar-refractivity contribution in [3.63, 3.8) is 0 Å². The lowest BCUT2D eigenvalue weighted by Crippen LogP contribution is -2.27. The molecule has 1 aromatic carbocycles. The summed E-state index contributed by atoms with van der Waals surface area (Å²) in [4.78, 5) is 16.6. The Kier molecular flexibility index (Phi) is 5.76. The van der Waals surface area contributed by atoms with E-state index in [2.05, 4.69) is 25.6 Å². The van der Waals surface area contributed by atoms with E-state index in [0.717, 1.165) is 5.82 Å². The molecule has 0 saturated carbocycles. The molecule has 142 valence electrons. The molecule has 0 radical (unpaired) electrons. The third kappa shape index (κ3) is 4.12. The van der Waals surface area contributed by atoms with Crippen LogP contribution in [0.15, 0.2) is 24.5 Å². The van der Waals surface area contributed by atoms with E-state index < -0.39 is 0 Å². The SMILES string of the molecule is Cc1nc(C(=O)NCCc2nncn2C(C)C)nn1-c1c(Cl)cccc1Cl. The van der Waals surface area contributed by atoms with Crippen LogP contribution < -0.4 is 5.32 Å². The Morgan fingerprint density at radius 3 is 2.63 bits per heavy atom. The van der Waals surface area contributed by atoms with Crippen molar-refractivity contribution in [2.45, 2.75) is 33.2 Å². The second kappa shape index (κ2) is 8.06.